The van der Waals surface area contributed by atoms with Crippen molar-refractivity contribution in [1.29, 1.82) is 0 Å². The molecule has 0 aromatic rings. The molecule has 1 saturated heterocycles. The molecule has 0 bridgehead atoms. The minimum absolute atomic E-state index is 0.411. The van der Waals surface area contributed by atoms with Gasteiger partial charge in [0.25, 0.3) is 0 Å². The predicted octanol–water partition coefficient (Wildman–Crippen LogP) is 3.19. The van der Waals surface area contributed by atoms with E-state index in [0.29, 0.717) is 24.0 Å². The molecule has 2 atom stereocenters. The summed E-state index contributed by atoms with van der Waals surface area (Å²) in [6, 6.07) is 0.706. The van der Waals surface area contributed by atoms with Gasteiger partial charge in [-0.15, -0.1) is 0 Å². The van der Waals surface area contributed by atoms with Gasteiger partial charge in [0.1, 0.15) is 0 Å². The van der Waals surface area contributed by atoms with Gasteiger partial charge in [-0.1, -0.05) is 38.5 Å². The topological polar surface area (TPSA) is 23.5 Å². The Kier molecular flexibility index (Phi) is 3.95. The summed E-state index contributed by atoms with van der Waals surface area (Å²) in [6.45, 7) is 3.09. The van der Waals surface area contributed by atoms with Crippen LogP contribution in [-0.2, 0) is 0 Å². The van der Waals surface area contributed by atoms with Crippen LogP contribution in [0.2, 0.25) is 0 Å². The molecule has 0 aromatic carbocycles. The molecule has 1 heterocycles. The van der Waals surface area contributed by atoms with Crippen molar-refractivity contribution in [2.24, 2.45) is 11.3 Å². The molecule has 104 valence electrons. The molecular weight excluding hydrogens is 222 g/mol. The average molecular weight is 251 g/mol. The summed E-state index contributed by atoms with van der Waals surface area (Å²) in [6.07, 6.45) is 14.1. The van der Waals surface area contributed by atoms with Gasteiger partial charge in [0.2, 0.25) is 0 Å². The fourth-order valence-electron chi connectivity index (χ4n) is 4.73. The molecule has 0 radical (unpaired) electrons. The van der Waals surface area contributed by atoms with Gasteiger partial charge in [0.15, 0.2) is 0 Å². The lowest BCUT2D eigenvalue weighted by Crippen LogP contribution is -2.61. The normalized spacial score (nSPS) is 37.2. The first-order valence-corrected chi connectivity index (χ1v) is 8.18. The lowest BCUT2D eigenvalue weighted by Gasteiger charge is -2.56. The number of nitrogens with zero attached hydrogens (tertiary/aromatic N) is 1. The second-order valence-electron chi connectivity index (χ2n) is 7.11. The summed E-state index contributed by atoms with van der Waals surface area (Å²) in [5.74, 6) is 0.571. The van der Waals surface area contributed by atoms with E-state index < -0.39 is 0 Å². The van der Waals surface area contributed by atoms with Gasteiger partial charge in [-0.05, 0) is 37.0 Å². The molecule has 2 heteroatoms. The van der Waals surface area contributed by atoms with E-state index >= 15 is 0 Å². The highest BCUT2D eigenvalue weighted by molar-refractivity contribution is 5.00. The molecule has 1 N–H and O–H groups in total. The van der Waals surface area contributed by atoms with E-state index in [1.54, 1.807) is 0 Å². The monoisotopic (exact) mass is 251 g/mol. The molecular formula is C16H29NO. The third kappa shape index (κ3) is 2.46. The first-order chi connectivity index (χ1) is 8.83. The Bertz CT molecular complexity index is 262. The zero-order chi connectivity index (χ0) is 12.4. The van der Waals surface area contributed by atoms with Crippen molar-refractivity contribution in [3.63, 3.8) is 0 Å². The molecule has 2 nitrogen and oxygen atoms in total. The first kappa shape index (κ1) is 12.9. The van der Waals surface area contributed by atoms with Crippen molar-refractivity contribution in [3.05, 3.63) is 0 Å². The highest BCUT2D eigenvalue weighted by Gasteiger charge is 2.46. The van der Waals surface area contributed by atoms with Crippen LogP contribution < -0.4 is 0 Å². The number of likely N-dealkylation sites (tertiary alicyclic amines) is 1. The maximum absolute atomic E-state index is 9.55. The second kappa shape index (κ2) is 5.50. The van der Waals surface area contributed by atoms with Crippen LogP contribution in [0.1, 0.15) is 64.2 Å². The van der Waals surface area contributed by atoms with Crippen molar-refractivity contribution in [1.82, 2.24) is 4.90 Å². The van der Waals surface area contributed by atoms with E-state index in [2.05, 4.69) is 4.90 Å². The van der Waals surface area contributed by atoms with Gasteiger partial charge in [0, 0.05) is 25.7 Å². The number of rotatable bonds is 2. The lowest BCUT2D eigenvalue weighted by molar-refractivity contribution is -0.0736. The summed E-state index contributed by atoms with van der Waals surface area (Å²) in [5.41, 5.74) is 0.688. The number of hydrogen-bond acceptors (Lipinski definition) is 2. The number of hydrogen-bond donors (Lipinski definition) is 1. The smallest absolute Gasteiger partial charge is 0.0474 e. The van der Waals surface area contributed by atoms with E-state index in [0.717, 1.165) is 0 Å². The lowest BCUT2D eigenvalue weighted by atomic mass is 9.70. The van der Waals surface area contributed by atoms with E-state index in [1.165, 1.54) is 77.3 Å². The van der Waals surface area contributed by atoms with Gasteiger partial charge in [-0.3, -0.25) is 4.90 Å². The maximum Gasteiger partial charge on any atom is 0.0474 e. The van der Waals surface area contributed by atoms with E-state index in [1.807, 2.05) is 0 Å². The summed E-state index contributed by atoms with van der Waals surface area (Å²) < 4.78 is 0. The first-order valence-electron chi connectivity index (χ1n) is 8.18. The number of aliphatic hydroxyl groups is 1. The Labute approximate surface area is 112 Å². The SMILES string of the molecule is OCC1CCCCC1N1CC2(CCCCCC2)C1. The summed E-state index contributed by atoms with van der Waals surface area (Å²) >= 11 is 0. The third-order valence-electron chi connectivity index (χ3n) is 5.81. The molecule has 3 aliphatic rings. The molecule has 1 spiro atoms. The molecule has 1 aliphatic heterocycles. The van der Waals surface area contributed by atoms with Crippen LogP contribution in [-0.4, -0.2) is 35.7 Å². The van der Waals surface area contributed by atoms with E-state index in [4.69, 9.17) is 0 Å². The van der Waals surface area contributed by atoms with Crippen molar-refractivity contribution in [2.75, 3.05) is 19.7 Å². The Morgan fingerprint density at radius 2 is 1.56 bits per heavy atom. The molecule has 3 rings (SSSR count). The van der Waals surface area contributed by atoms with E-state index in [-0.39, 0.29) is 0 Å². The van der Waals surface area contributed by atoms with Crippen LogP contribution in [0.3, 0.4) is 0 Å². The zero-order valence-corrected chi connectivity index (χ0v) is 11.7. The average Bonchev–Trinajstić information content (AvgIpc) is 2.62. The van der Waals surface area contributed by atoms with Crippen molar-refractivity contribution < 1.29 is 5.11 Å². The Morgan fingerprint density at radius 1 is 0.889 bits per heavy atom. The Morgan fingerprint density at radius 3 is 2.22 bits per heavy atom. The Hall–Kier alpha value is -0.0800. The molecule has 2 unspecified atom stereocenters. The predicted molar refractivity (Wildman–Crippen MR) is 74.5 cm³/mol. The molecule has 0 aromatic heterocycles. The standard InChI is InChI=1S/C16H29NO/c18-11-14-7-3-4-8-15(14)17-12-16(13-17)9-5-1-2-6-10-16/h14-15,18H,1-13H2. The van der Waals surface area contributed by atoms with E-state index in [9.17, 15) is 5.11 Å². The summed E-state index contributed by atoms with van der Waals surface area (Å²) in [5, 5.41) is 9.55. The van der Waals surface area contributed by atoms with Crippen LogP contribution >= 0.6 is 0 Å². The highest BCUT2D eigenvalue weighted by atomic mass is 16.3. The van der Waals surface area contributed by atoms with Crippen molar-refractivity contribution in [3.8, 4) is 0 Å². The van der Waals surface area contributed by atoms with Crippen molar-refractivity contribution >= 4 is 0 Å². The van der Waals surface area contributed by atoms with Crippen LogP contribution in [0.4, 0.5) is 0 Å². The molecule has 18 heavy (non-hydrogen) atoms. The summed E-state index contributed by atoms with van der Waals surface area (Å²) in [7, 11) is 0. The van der Waals surface area contributed by atoms with Gasteiger partial charge < -0.3 is 5.11 Å². The van der Waals surface area contributed by atoms with Crippen LogP contribution in [0.5, 0.6) is 0 Å². The quantitative estimate of drug-likeness (QED) is 0.814. The van der Waals surface area contributed by atoms with Gasteiger partial charge in [-0.25, -0.2) is 0 Å². The molecule has 2 aliphatic carbocycles. The second-order valence-corrected chi connectivity index (χ2v) is 7.11. The highest BCUT2D eigenvalue weighted by Crippen LogP contribution is 2.45. The van der Waals surface area contributed by atoms with Crippen LogP contribution in [0.15, 0.2) is 0 Å². The van der Waals surface area contributed by atoms with Gasteiger partial charge >= 0.3 is 0 Å². The Balaban J connectivity index is 1.56. The number of aliphatic hydroxyl groups excluding tert-OH is 1. The van der Waals surface area contributed by atoms with Crippen LogP contribution in [0.25, 0.3) is 0 Å². The van der Waals surface area contributed by atoms with Gasteiger partial charge in [-0.2, -0.15) is 0 Å². The third-order valence-corrected chi connectivity index (χ3v) is 5.81. The van der Waals surface area contributed by atoms with Crippen LogP contribution in [0, 0.1) is 11.3 Å². The fourth-order valence-corrected chi connectivity index (χ4v) is 4.73. The minimum atomic E-state index is 0.411. The zero-order valence-electron chi connectivity index (χ0n) is 11.7. The maximum atomic E-state index is 9.55. The fraction of sp³-hybridized carbons (Fsp3) is 1.00. The molecule has 2 saturated carbocycles. The van der Waals surface area contributed by atoms with Gasteiger partial charge in [0.05, 0.1) is 0 Å². The van der Waals surface area contributed by atoms with Crippen molar-refractivity contribution in [2.45, 2.75) is 70.3 Å². The molecule has 3 fully saturated rings. The largest absolute Gasteiger partial charge is 0.396 e. The summed E-state index contributed by atoms with van der Waals surface area (Å²) in [4.78, 5) is 2.71. The minimum Gasteiger partial charge on any atom is -0.396 e. The molecule has 0 amide bonds.